The van der Waals surface area contributed by atoms with Crippen LogP contribution >= 0.6 is 11.6 Å². The molecule has 1 aromatic carbocycles. The molecule has 43 heavy (non-hydrogen) atoms. The topological polar surface area (TPSA) is 139 Å². The Labute approximate surface area is 254 Å². The third kappa shape index (κ3) is 11.1. The third-order valence-corrected chi connectivity index (χ3v) is 5.82. The number of carbonyl (C=O) groups is 3. The Balaban J connectivity index is 0.00000217. The molecule has 0 unspecified atom stereocenters. The van der Waals surface area contributed by atoms with Crippen LogP contribution in [0.1, 0.15) is 59.2 Å². The summed E-state index contributed by atoms with van der Waals surface area (Å²) >= 11 is 6.60. The third-order valence-electron chi connectivity index (χ3n) is 5.51. The maximum Gasteiger partial charge on any atom is 0.292 e. The largest absolute Gasteiger partial charge is 0.471 e. The predicted octanol–water partition coefficient (Wildman–Crippen LogP) is 5.42. The fourth-order valence-corrected chi connectivity index (χ4v) is 3.82. The minimum absolute atomic E-state index is 0.0522. The molecule has 2 amide bonds. The first-order valence-corrected chi connectivity index (χ1v) is 13.3. The van der Waals surface area contributed by atoms with Crippen molar-refractivity contribution in [1.29, 1.82) is 5.41 Å². The molecule has 0 bridgehead atoms. The molecule has 0 fully saturated rings. The number of amides is 2. The molecule has 0 radical (unpaired) electrons. The number of nitrogens with zero attached hydrogens (tertiary/aromatic N) is 3. The van der Waals surface area contributed by atoms with Crippen molar-refractivity contribution in [3.8, 4) is 5.88 Å². The zero-order valence-electron chi connectivity index (χ0n) is 25.1. The number of hydrogen-bond acceptors (Lipinski definition) is 8. The van der Waals surface area contributed by atoms with Gasteiger partial charge >= 0.3 is 0 Å². The maximum absolute atomic E-state index is 13.7. The van der Waals surface area contributed by atoms with Crippen molar-refractivity contribution in [2.45, 2.75) is 40.5 Å². The minimum atomic E-state index is -2.74. The van der Waals surface area contributed by atoms with Crippen LogP contribution in [-0.4, -0.2) is 73.5 Å². The first-order chi connectivity index (χ1) is 20.3. The zero-order valence-corrected chi connectivity index (χ0v) is 25.9. The molecule has 0 aliphatic rings. The standard InChI is InChI=1S/C27H33ClF2N6O3.C2H4O2/c1-7-9-10-20(28)25(16(3)8-2)36-21(13-23(33-36)39-15-22(29)30)27(38)32-24-17(4)11-18(14-31)12-19(24)26(37)34-35(5)6;1-4-2-3/h7,9-14,22,31H,8,15H2,1-6H3,(H,32,38)(H,34,37);2H,1H3/b9-7-,20-10+,25-16-,31-14?;. The Morgan fingerprint density at radius 1 is 1.23 bits per heavy atom. The second kappa shape index (κ2) is 18.2. The lowest BCUT2D eigenvalue weighted by Crippen LogP contribution is -2.36. The predicted molar refractivity (Wildman–Crippen MR) is 163 cm³/mol. The average molecular weight is 623 g/mol. The van der Waals surface area contributed by atoms with Crippen LogP contribution in [0.15, 0.2) is 47.0 Å². The van der Waals surface area contributed by atoms with Gasteiger partial charge in [0.2, 0.25) is 5.88 Å². The summed E-state index contributed by atoms with van der Waals surface area (Å²) in [6.07, 6.45) is 4.02. The number of halogens is 3. The number of benzene rings is 1. The molecule has 0 aliphatic heterocycles. The number of allylic oxidation sites excluding steroid dienone is 6. The molecule has 0 spiro atoms. The van der Waals surface area contributed by atoms with E-state index in [2.05, 4.69) is 20.6 Å². The van der Waals surface area contributed by atoms with E-state index in [-0.39, 0.29) is 27.9 Å². The van der Waals surface area contributed by atoms with Gasteiger partial charge in [-0.05, 0) is 62.1 Å². The van der Waals surface area contributed by atoms with E-state index in [9.17, 15) is 18.4 Å². The van der Waals surface area contributed by atoms with E-state index in [0.717, 1.165) is 11.8 Å². The van der Waals surface area contributed by atoms with Crippen molar-refractivity contribution in [2.24, 2.45) is 0 Å². The molecule has 0 aliphatic carbocycles. The summed E-state index contributed by atoms with van der Waals surface area (Å²) in [6, 6.07) is 4.36. The highest BCUT2D eigenvalue weighted by Gasteiger charge is 2.25. The molecule has 234 valence electrons. The van der Waals surface area contributed by atoms with Crippen LogP contribution in [0.4, 0.5) is 14.5 Å². The van der Waals surface area contributed by atoms with E-state index in [1.165, 1.54) is 28.9 Å². The summed E-state index contributed by atoms with van der Waals surface area (Å²) in [6.45, 7) is 6.68. The van der Waals surface area contributed by atoms with E-state index in [4.69, 9.17) is 26.5 Å². The quantitative estimate of drug-likeness (QED) is 0.117. The summed E-state index contributed by atoms with van der Waals surface area (Å²) in [7, 11) is 4.59. The number of rotatable bonds is 13. The Kier molecular flexibility index (Phi) is 15.5. The van der Waals surface area contributed by atoms with Gasteiger partial charge in [0.05, 0.1) is 29.1 Å². The number of hydrazine groups is 1. The molecule has 2 aromatic rings. The second-order valence-corrected chi connectivity index (χ2v) is 9.44. The average Bonchev–Trinajstić information content (AvgIpc) is 3.39. The summed E-state index contributed by atoms with van der Waals surface area (Å²) in [4.78, 5) is 35.6. The van der Waals surface area contributed by atoms with E-state index >= 15 is 0 Å². The van der Waals surface area contributed by atoms with Crippen molar-refractivity contribution < 1.29 is 32.6 Å². The lowest BCUT2D eigenvalue weighted by molar-refractivity contribution is -0.126. The normalized spacial score (nSPS) is 12.0. The van der Waals surface area contributed by atoms with Crippen LogP contribution in [0.25, 0.3) is 5.70 Å². The first kappa shape index (κ1) is 36.7. The fraction of sp³-hybridized carbons (Fsp3) is 0.345. The number of alkyl halides is 2. The lowest BCUT2D eigenvalue weighted by atomic mass is 10.0. The second-order valence-electron chi connectivity index (χ2n) is 9.03. The Morgan fingerprint density at radius 3 is 2.40 bits per heavy atom. The highest BCUT2D eigenvalue weighted by molar-refractivity contribution is 6.36. The number of methoxy groups -OCH3 is 1. The molecule has 2 rings (SSSR count). The lowest BCUT2D eigenvalue weighted by Gasteiger charge is -2.18. The number of anilines is 1. The molecule has 11 nitrogen and oxygen atoms in total. The van der Waals surface area contributed by atoms with Crippen LogP contribution in [0.5, 0.6) is 5.88 Å². The van der Waals surface area contributed by atoms with Crippen LogP contribution in [0.2, 0.25) is 0 Å². The highest BCUT2D eigenvalue weighted by Crippen LogP contribution is 2.30. The van der Waals surface area contributed by atoms with Gasteiger partial charge in [-0.25, -0.2) is 18.5 Å². The number of aromatic nitrogens is 2. The Morgan fingerprint density at radius 2 is 1.88 bits per heavy atom. The number of hydrogen-bond donors (Lipinski definition) is 3. The van der Waals surface area contributed by atoms with Crippen LogP contribution in [-0.2, 0) is 9.53 Å². The monoisotopic (exact) mass is 622 g/mol. The van der Waals surface area contributed by atoms with Crippen LogP contribution < -0.4 is 15.5 Å². The van der Waals surface area contributed by atoms with E-state index in [1.807, 2.05) is 20.8 Å². The molecule has 0 atom stereocenters. The maximum atomic E-state index is 13.7. The van der Waals surface area contributed by atoms with Gasteiger partial charge in [-0.2, -0.15) is 0 Å². The summed E-state index contributed by atoms with van der Waals surface area (Å²) in [5.74, 6) is -1.38. The van der Waals surface area contributed by atoms with Gasteiger partial charge in [-0.1, -0.05) is 30.7 Å². The molecular weight excluding hydrogens is 586 g/mol. The van der Waals surface area contributed by atoms with Crippen molar-refractivity contribution in [2.75, 3.05) is 33.1 Å². The van der Waals surface area contributed by atoms with E-state index in [0.29, 0.717) is 29.7 Å². The number of carbonyl (C=O) groups excluding carboxylic acids is 3. The molecule has 3 N–H and O–H groups in total. The van der Waals surface area contributed by atoms with Crippen molar-refractivity contribution in [3.05, 3.63) is 69.4 Å². The van der Waals surface area contributed by atoms with E-state index in [1.54, 1.807) is 45.3 Å². The molecular formula is C29H37ClF2N6O5. The van der Waals surface area contributed by atoms with Crippen molar-refractivity contribution >= 4 is 47.5 Å². The van der Waals surface area contributed by atoms with Gasteiger partial charge in [0.25, 0.3) is 24.7 Å². The van der Waals surface area contributed by atoms with Crippen molar-refractivity contribution in [1.82, 2.24) is 20.2 Å². The molecule has 0 saturated carbocycles. The van der Waals surface area contributed by atoms with Gasteiger partial charge in [0, 0.05) is 26.4 Å². The van der Waals surface area contributed by atoms with Gasteiger partial charge in [-0.15, -0.1) is 5.10 Å². The number of ether oxygens (including phenoxy) is 2. The minimum Gasteiger partial charge on any atom is -0.471 e. The molecule has 1 heterocycles. The zero-order chi connectivity index (χ0) is 32.7. The Bertz CT molecular complexity index is 1390. The number of aryl methyl sites for hydroxylation is 1. The van der Waals surface area contributed by atoms with E-state index < -0.39 is 24.8 Å². The van der Waals surface area contributed by atoms with Crippen molar-refractivity contribution in [3.63, 3.8) is 0 Å². The van der Waals surface area contributed by atoms with Gasteiger partial charge < -0.3 is 20.2 Å². The SMILES string of the molecule is COC=O.C\C=C/C=C(Cl)\C(=C(/C)CC)n1nc(OCC(F)F)cc1C(=O)Nc1c(C)cc(C=N)cc1C(=O)NN(C)C. The summed E-state index contributed by atoms with van der Waals surface area (Å²) < 4.78 is 35.9. The molecule has 14 heteroatoms. The van der Waals surface area contributed by atoms with Crippen LogP contribution in [0, 0.1) is 12.3 Å². The van der Waals surface area contributed by atoms with Gasteiger partial charge in [0.15, 0.2) is 6.61 Å². The molecule has 0 saturated heterocycles. The highest BCUT2D eigenvalue weighted by atomic mass is 35.5. The summed E-state index contributed by atoms with van der Waals surface area (Å²) in [5.41, 5.74) is 5.07. The first-order valence-electron chi connectivity index (χ1n) is 13.0. The fourth-order valence-electron chi connectivity index (χ4n) is 3.51. The smallest absolute Gasteiger partial charge is 0.292 e. The summed E-state index contributed by atoms with van der Waals surface area (Å²) in [5, 5.41) is 16.3. The van der Waals surface area contributed by atoms with Gasteiger partial charge in [-0.3, -0.25) is 19.8 Å². The van der Waals surface area contributed by atoms with Gasteiger partial charge in [0.1, 0.15) is 5.69 Å². The Hall–Kier alpha value is -4.36. The molecule has 1 aromatic heterocycles. The van der Waals surface area contributed by atoms with Crippen LogP contribution in [0.3, 0.4) is 0 Å². The number of nitrogens with one attached hydrogen (secondary N) is 3.